The number of rotatable bonds is 6. The molecule has 3 rings (SSSR count). The number of aliphatic hydroxyl groups is 2. The van der Waals surface area contributed by atoms with Crippen LogP contribution in [0.4, 0.5) is 11.4 Å². The van der Waals surface area contributed by atoms with Gasteiger partial charge in [0.15, 0.2) is 0 Å². The first-order valence-corrected chi connectivity index (χ1v) is 9.60. The second-order valence-electron chi connectivity index (χ2n) is 7.44. The Hall–Kier alpha value is -2.04. The Balaban J connectivity index is 1.91. The predicted molar refractivity (Wildman–Crippen MR) is 107 cm³/mol. The second kappa shape index (κ2) is 8.11. The second-order valence-corrected chi connectivity index (χ2v) is 7.44. The monoisotopic (exact) mass is 354 g/mol. The Bertz CT molecular complexity index is 632. The molecule has 0 radical (unpaired) electrons. The summed E-state index contributed by atoms with van der Waals surface area (Å²) in [5.41, 5.74) is 4.59. The Morgan fingerprint density at radius 3 is 1.42 bits per heavy atom. The Kier molecular flexibility index (Phi) is 5.84. The lowest BCUT2D eigenvalue weighted by atomic mass is 9.65. The van der Waals surface area contributed by atoms with Gasteiger partial charge in [0.2, 0.25) is 0 Å². The molecule has 140 valence electrons. The van der Waals surface area contributed by atoms with Crippen molar-refractivity contribution in [2.75, 3.05) is 10.6 Å². The Morgan fingerprint density at radius 1 is 0.692 bits per heavy atom. The van der Waals surface area contributed by atoms with Crippen LogP contribution in [0, 0.1) is 0 Å². The molecule has 0 spiro atoms. The highest BCUT2D eigenvalue weighted by atomic mass is 16.3. The van der Waals surface area contributed by atoms with Crippen molar-refractivity contribution in [1.82, 2.24) is 0 Å². The van der Waals surface area contributed by atoms with Crippen molar-refractivity contribution in [2.45, 2.75) is 63.8 Å². The van der Waals surface area contributed by atoms with E-state index in [1.54, 1.807) is 13.8 Å². The van der Waals surface area contributed by atoms with Gasteiger partial charge in [-0.15, -0.1) is 0 Å². The largest absolute Gasteiger partial charge is 0.374 e. The maximum Gasteiger partial charge on any atom is 0.121 e. The minimum atomic E-state index is -0.557. The number of benzene rings is 2. The van der Waals surface area contributed by atoms with Crippen LogP contribution >= 0.6 is 0 Å². The average molecular weight is 354 g/mol. The van der Waals surface area contributed by atoms with Crippen LogP contribution in [0.1, 0.15) is 57.1 Å². The number of nitrogens with one attached hydrogen (secondary N) is 2. The summed E-state index contributed by atoms with van der Waals surface area (Å²) in [6.45, 7) is 3.44. The summed E-state index contributed by atoms with van der Waals surface area (Å²) in [5.74, 6) is 0. The summed E-state index contributed by atoms with van der Waals surface area (Å²) in [7, 11) is 0. The fourth-order valence-corrected chi connectivity index (χ4v) is 4.15. The lowest BCUT2D eigenvalue weighted by Gasteiger charge is -2.39. The SMILES string of the molecule is CC(O)Nc1ccc(C2(c3ccc(NC(C)O)cc3)CCCCC2)cc1. The molecule has 4 N–H and O–H groups in total. The van der Waals surface area contributed by atoms with E-state index in [0.29, 0.717) is 0 Å². The van der Waals surface area contributed by atoms with Crippen LogP contribution < -0.4 is 10.6 Å². The van der Waals surface area contributed by atoms with E-state index in [9.17, 15) is 10.2 Å². The number of hydrogen-bond acceptors (Lipinski definition) is 4. The van der Waals surface area contributed by atoms with Crippen molar-refractivity contribution in [1.29, 1.82) is 0 Å². The molecule has 4 heteroatoms. The van der Waals surface area contributed by atoms with Gasteiger partial charge in [-0.2, -0.15) is 0 Å². The topological polar surface area (TPSA) is 64.5 Å². The fourth-order valence-electron chi connectivity index (χ4n) is 4.15. The van der Waals surface area contributed by atoms with Gasteiger partial charge in [0.1, 0.15) is 12.5 Å². The number of aliphatic hydroxyl groups excluding tert-OH is 2. The van der Waals surface area contributed by atoms with E-state index < -0.39 is 12.5 Å². The van der Waals surface area contributed by atoms with E-state index in [-0.39, 0.29) is 5.41 Å². The zero-order chi connectivity index (χ0) is 18.6. The fraction of sp³-hybridized carbons (Fsp3) is 0.455. The number of hydrogen-bond donors (Lipinski definition) is 4. The minimum absolute atomic E-state index is 0.0466. The smallest absolute Gasteiger partial charge is 0.121 e. The summed E-state index contributed by atoms with van der Waals surface area (Å²) in [5, 5.41) is 25.1. The molecule has 2 unspecified atom stereocenters. The third-order valence-corrected chi connectivity index (χ3v) is 5.33. The highest BCUT2D eigenvalue weighted by molar-refractivity contribution is 5.52. The summed E-state index contributed by atoms with van der Waals surface area (Å²) >= 11 is 0. The molecule has 0 bridgehead atoms. The molecule has 2 aromatic rings. The van der Waals surface area contributed by atoms with Gasteiger partial charge < -0.3 is 20.8 Å². The highest BCUT2D eigenvalue weighted by Gasteiger charge is 2.35. The van der Waals surface area contributed by atoms with Gasteiger partial charge in [-0.1, -0.05) is 43.5 Å². The van der Waals surface area contributed by atoms with E-state index in [1.807, 2.05) is 0 Å². The summed E-state index contributed by atoms with van der Waals surface area (Å²) in [6, 6.07) is 17.0. The molecule has 0 saturated heterocycles. The summed E-state index contributed by atoms with van der Waals surface area (Å²) in [4.78, 5) is 0. The molecule has 0 aromatic heterocycles. The van der Waals surface area contributed by atoms with Crippen LogP contribution in [-0.2, 0) is 5.41 Å². The third-order valence-electron chi connectivity index (χ3n) is 5.33. The molecular weight excluding hydrogens is 324 g/mol. The van der Waals surface area contributed by atoms with Crippen LogP contribution in [0.2, 0.25) is 0 Å². The van der Waals surface area contributed by atoms with Crippen LogP contribution in [0.5, 0.6) is 0 Å². The predicted octanol–water partition coefficient (Wildman–Crippen LogP) is 4.44. The first kappa shape index (κ1) is 18.7. The quantitative estimate of drug-likeness (QED) is 0.579. The van der Waals surface area contributed by atoms with E-state index in [1.165, 1.54) is 30.4 Å². The molecule has 1 aliphatic rings. The molecule has 26 heavy (non-hydrogen) atoms. The zero-order valence-corrected chi connectivity index (χ0v) is 15.7. The first-order chi connectivity index (χ1) is 12.5. The van der Waals surface area contributed by atoms with Crippen molar-refractivity contribution in [3.05, 3.63) is 59.7 Å². The van der Waals surface area contributed by atoms with Gasteiger partial charge in [-0.3, -0.25) is 0 Å². The number of anilines is 2. The van der Waals surface area contributed by atoms with Crippen molar-refractivity contribution >= 4 is 11.4 Å². The van der Waals surface area contributed by atoms with Crippen LogP contribution in [-0.4, -0.2) is 22.7 Å². The maximum absolute atomic E-state index is 9.51. The molecule has 1 aliphatic carbocycles. The molecule has 0 amide bonds. The van der Waals surface area contributed by atoms with Crippen molar-refractivity contribution in [3.63, 3.8) is 0 Å². The zero-order valence-electron chi connectivity index (χ0n) is 15.7. The van der Waals surface area contributed by atoms with Gasteiger partial charge in [-0.25, -0.2) is 0 Å². The molecule has 0 heterocycles. The van der Waals surface area contributed by atoms with Crippen molar-refractivity contribution in [2.24, 2.45) is 0 Å². The first-order valence-electron chi connectivity index (χ1n) is 9.60. The van der Waals surface area contributed by atoms with E-state index >= 15 is 0 Å². The van der Waals surface area contributed by atoms with E-state index in [4.69, 9.17) is 0 Å². The molecule has 2 aromatic carbocycles. The molecule has 1 fully saturated rings. The summed E-state index contributed by atoms with van der Waals surface area (Å²) in [6.07, 6.45) is 4.96. The van der Waals surface area contributed by atoms with Gasteiger partial charge >= 0.3 is 0 Å². The highest BCUT2D eigenvalue weighted by Crippen LogP contribution is 2.45. The third kappa shape index (κ3) is 4.19. The van der Waals surface area contributed by atoms with Gasteiger partial charge in [0.25, 0.3) is 0 Å². The van der Waals surface area contributed by atoms with Gasteiger partial charge in [0.05, 0.1) is 0 Å². The van der Waals surface area contributed by atoms with E-state index in [0.717, 1.165) is 24.2 Å². The Morgan fingerprint density at radius 2 is 1.08 bits per heavy atom. The van der Waals surface area contributed by atoms with Gasteiger partial charge in [0, 0.05) is 16.8 Å². The van der Waals surface area contributed by atoms with Crippen LogP contribution in [0.3, 0.4) is 0 Å². The Labute approximate surface area is 156 Å². The maximum atomic E-state index is 9.51. The van der Waals surface area contributed by atoms with Crippen molar-refractivity contribution < 1.29 is 10.2 Å². The molecular formula is C22H30N2O2. The molecule has 0 aliphatic heterocycles. The lowest BCUT2D eigenvalue weighted by Crippen LogP contribution is -2.30. The molecule has 1 saturated carbocycles. The van der Waals surface area contributed by atoms with Crippen LogP contribution in [0.15, 0.2) is 48.5 Å². The normalized spacial score (nSPS) is 18.8. The van der Waals surface area contributed by atoms with E-state index in [2.05, 4.69) is 59.2 Å². The molecule has 2 atom stereocenters. The lowest BCUT2D eigenvalue weighted by molar-refractivity contribution is 0.224. The van der Waals surface area contributed by atoms with Crippen LogP contribution in [0.25, 0.3) is 0 Å². The average Bonchev–Trinajstić information content (AvgIpc) is 2.62. The van der Waals surface area contributed by atoms with Crippen molar-refractivity contribution in [3.8, 4) is 0 Å². The van der Waals surface area contributed by atoms with Gasteiger partial charge in [-0.05, 0) is 62.1 Å². The standard InChI is InChI=1S/C22H30N2O2/c1-16(25)23-20-10-6-18(7-11-20)22(14-4-3-5-15-22)19-8-12-21(13-9-19)24-17(2)26/h6-13,16-17,23-26H,3-5,14-15H2,1-2H3. The molecule has 4 nitrogen and oxygen atoms in total. The summed E-state index contributed by atoms with van der Waals surface area (Å²) < 4.78 is 0. The minimum Gasteiger partial charge on any atom is -0.374 e.